The van der Waals surface area contributed by atoms with E-state index in [0.717, 1.165) is 0 Å². The van der Waals surface area contributed by atoms with Gasteiger partial charge in [-0.1, -0.05) is 25.1 Å². The highest BCUT2D eigenvalue weighted by Gasteiger charge is 2.41. The fraction of sp³-hybridized carbons (Fsp3) is 0.438. The molecule has 0 aromatic heterocycles. The Morgan fingerprint density at radius 3 is 2.57 bits per heavy atom. The summed E-state index contributed by atoms with van der Waals surface area (Å²) in [5, 5.41) is 12.1. The van der Waals surface area contributed by atoms with Crippen LogP contribution in [0, 0.1) is 5.92 Å². The number of carbonyl (C=O) groups excluding carboxylic acids is 2. The van der Waals surface area contributed by atoms with Gasteiger partial charge in [-0.15, -0.1) is 0 Å². The molecule has 3 atom stereocenters. The van der Waals surface area contributed by atoms with Crippen molar-refractivity contribution in [2.24, 2.45) is 5.92 Å². The van der Waals surface area contributed by atoms with E-state index in [1.807, 2.05) is 6.07 Å². The van der Waals surface area contributed by atoms with Gasteiger partial charge >= 0.3 is 5.97 Å². The summed E-state index contributed by atoms with van der Waals surface area (Å²) in [5.41, 5.74) is 0.507. The van der Waals surface area contributed by atoms with Crippen LogP contribution in [0.25, 0.3) is 0 Å². The number of aliphatic carboxylic acids is 1. The molecule has 0 bridgehead atoms. The number of carboxylic acids is 1. The van der Waals surface area contributed by atoms with Gasteiger partial charge in [-0.3, -0.25) is 9.59 Å². The molecule has 0 aliphatic carbocycles. The summed E-state index contributed by atoms with van der Waals surface area (Å²) in [6.07, 6.45) is 0.207. The topological polar surface area (TPSA) is 86.7 Å². The minimum atomic E-state index is -1.05. The largest absolute Gasteiger partial charge is 0.480 e. The smallest absolute Gasteiger partial charge is 0.326 e. The summed E-state index contributed by atoms with van der Waals surface area (Å²) < 4.78 is 0. The summed E-state index contributed by atoms with van der Waals surface area (Å²) in [7, 11) is 0. The van der Waals surface area contributed by atoms with Crippen LogP contribution in [0.5, 0.6) is 0 Å². The first-order valence-corrected chi connectivity index (χ1v) is 8.07. The van der Waals surface area contributed by atoms with E-state index in [1.54, 1.807) is 31.2 Å². The number of nitrogens with one attached hydrogen (secondary N) is 1. The van der Waals surface area contributed by atoms with Crippen molar-refractivity contribution in [1.29, 1.82) is 0 Å². The Hall–Kier alpha value is -2.02. The lowest BCUT2D eigenvalue weighted by Crippen LogP contribution is -2.44. The molecule has 1 saturated heterocycles. The maximum absolute atomic E-state index is 12.3. The van der Waals surface area contributed by atoms with Crippen molar-refractivity contribution < 1.29 is 19.5 Å². The minimum absolute atomic E-state index is 0.201. The molecule has 1 fully saturated rings. The molecule has 23 heavy (non-hydrogen) atoms. The Morgan fingerprint density at radius 1 is 1.35 bits per heavy atom. The average molecular weight is 336 g/mol. The number of carbonyl (C=O) groups is 3. The first kappa shape index (κ1) is 17.3. The Balaban J connectivity index is 2.06. The van der Waals surface area contributed by atoms with Crippen molar-refractivity contribution in [3.8, 4) is 0 Å². The third kappa shape index (κ3) is 4.04. The normalized spacial score (nSPS) is 21.7. The highest BCUT2D eigenvalue weighted by Crippen LogP contribution is 2.21. The van der Waals surface area contributed by atoms with E-state index >= 15 is 0 Å². The van der Waals surface area contributed by atoms with Gasteiger partial charge in [-0.25, -0.2) is 4.79 Å². The van der Waals surface area contributed by atoms with Gasteiger partial charge in [0.25, 0.3) is 5.91 Å². The second kappa shape index (κ2) is 7.50. The number of carboxylic acid groups (broad SMARTS) is 1. The van der Waals surface area contributed by atoms with Crippen LogP contribution in [-0.4, -0.2) is 52.2 Å². The predicted octanol–water partition coefficient (Wildman–Crippen LogP) is 1.04. The minimum Gasteiger partial charge on any atom is -0.480 e. The monoisotopic (exact) mass is 336 g/mol. The molecule has 1 heterocycles. The second-order valence-electron chi connectivity index (χ2n) is 5.70. The lowest BCUT2D eigenvalue weighted by atomic mass is 10.1. The summed E-state index contributed by atoms with van der Waals surface area (Å²) in [4.78, 5) is 37.2. The average Bonchev–Trinajstić information content (AvgIpc) is 2.98. The molecule has 2 rings (SSSR count). The van der Waals surface area contributed by atoms with E-state index in [4.69, 9.17) is 0 Å². The maximum atomic E-state index is 12.3. The fourth-order valence-electron chi connectivity index (χ4n) is 2.64. The lowest BCUT2D eigenvalue weighted by Gasteiger charge is -2.24. The molecular formula is C16H20N2O4S. The lowest BCUT2D eigenvalue weighted by molar-refractivity contribution is -0.149. The van der Waals surface area contributed by atoms with E-state index < -0.39 is 12.0 Å². The zero-order chi connectivity index (χ0) is 17.0. The molecule has 1 aliphatic rings. The van der Waals surface area contributed by atoms with Crippen molar-refractivity contribution in [3.63, 3.8) is 0 Å². The van der Waals surface area contributed by atoms with Crippen LogP contribution >= 0.6 is 12.6 Å². The number of hydrogen-bond acceptors (Lipinski definition) is 4. The molecule has 2 amide bonds. The molecule has 6 nitrogen and oxygen atoms in total. The van der Waals surface area contributed by atoms with Crippen LogP contribution in [0.2, 0.25) is 0 Å². The summed E-state index contributed by atoms with van der Waals surface area (Å²) in [5.74, 6) is -1.58. The molecular weight excluding hydrogens is 316 g/mol. The van der Waals surface area contributed by atoms with Gasteiger partial charge in [0, 0.05) is 36.2 Å². The van der Waals surface area contributed by atoms with Crippen LogP contribution in [0.3, 0.4) is 0 Å². The van der Waals surface area contributed by atoms with Gasteiger partial charge in [0.05, 0.1) is 0 Å². The number of amides is 2. The van der Waals surface area contributed by atoms with Gasteiger partial charge in [0.2, 0.25) is 5.91 Å². The highest BCUT2D eigenvalue weighted by atomic mass is 32.1. The van der Waals surface area contributed by atoms with Crippen LogP contribution in [0.15, 0.2) is 30.3 Å². The number of hydrogen-bond donors (Lipinski definition) is 3. The van der Waals surface area contributed by atoms with Crippen LogP contribution in [0.4, 0.5) is 0 Å². The summed E-state index contributed by atoms with van der Waals surface area (Å²) in [6.45, 7) is 1.91. The molecule has 1 aromatic carbocycles. The molecule has 1 aliphatic heterocycles. The van der Waals surface area contributed by atoms with Crippen LogP contribution in [0.1, 0.15) is 23.7 Å². The Labute approximate surface area is 140 Å². The summed E-state index contributed by atoms with van der Waals surface area (Å²) >= 11 is 4.09. The Bertz CT molecular complexity index is 593. The Kier molecular flexibility index (Phi) is 5.65. The summed E-state index contributed by atoms with van der Waals surface area (Å²) in [6, 6.07) is 7.41. The van der Waals surface area contributed by atoms with E-state index in [0.29, 0.717) is 11.3 Å². The van der Waals surface area contributed by atoms with E-state index in [9.17, 15) is 19.5 Å². The number of likely N-dealkylation sites (tertiary alicyclic amines) is 1. The number of benzene rings is 1. The molecule has 1 aromatic rings. The third-order valence-electron chi connectivity index (χ3n) is 3.94. The van der Waals surface area contributed by atoms with Crippen molar-refractivity contribution in [2.45, 2.75) is 25.4 Å². The fourth-order valence-corrected chi connectivity index (χ4v) is 2.79. The third-order valence-corrected chi connectivity index (χ3v) is 4.48. The zero-order valence-electron chi connectivity index (χ0n) is 12.8. The molecule has 124 valence electrons. The van der Waals surface area contributed by atoms with Crippen molar-refractivity contribution in [3.05, 3.63) is 35.9 Å². The molecule has 0 saturated carbocycles. The molecule has 2 N–H and O–H groups in total. The van der Waals surface area contributed by atoms with Crippen LogP contribution in [-0.2, 0) is 9.59 Å². The molecule has 0 spiro atoms. The van der Waals surface area contributed by atoms with Crippen molar-refractivity contribution >= 4 is 30.4 Å². The molecule has 0 radical (unpaired) electrons. The van der Waals surface area contributed by atoms with Gasteiger partial charge < -0.3 is 15.3 Å². The van der Waals surface area contributed by atoms with E-state index in [1.165, 1.54) is 4.90 Å². The zero-order valence-corrected chi connectivity index (χ0v) is 13.7. The second-order valence-corrected chi connectivity index (χ2v) is 6.07. The van der Waals surface area contributed by atoms with E-state index in [-0.39, 0.29) is 36.7 Å². The quantitative estimate of drug-likeness (QED) is 0.701. The SMILES string of the molecule is CC(CS)C(=O)N1CC(NC(=O)c2ccccc2)C[C@H]1C(=O)O. The van der Waals surface area contributed by atoms with Crippen molar-refractivity contribution in [1.82, 2.24) is 10.2 Å². The number of rotatable bonds is 5. The number of nitrogens with zero attached hydrogens (tertiary/aromatic N) is 1. The highest BCUT2D eigenvalue weighted by molar-refractivity contribution is 7.80. The predicted molar refractivity (Wildman–Crippen MR) is 88.5 cm³/mol. The van der Waals surface area contributed by atoms with E-state index in [2.05, 4.69) is 17.9 Å². The first-order chi connectivity index (χ1) is 10.9. The van der Waals surface area contributed by atoms with Gasteiger partial charge in [-0.05, 0) is 12.1 Å². The number of thiol groups is 1. The van der Waals surface area contributed by atoms with Crippen LogP contribution < -0.4 is 5.32 Å². The Morgan fingerprint density at radius 2 is 2.00 bits per heavy atom. The van der Waals surface area contributed by atoms with Crippen molar-refractivity contribution in [2.75, 3.05) is 12.3 Å². The molecule has 7 heteroatoms. The van der Waals surface area contributed by atoms with Gasteiger partial charge in [0.1, 0.15) is 6.04 Å². The standard InChI is InChI=1S/C16H20N2O4S/c1-10(9-23)15(20)18-8-12(7-13(18)16(21)22)17-14(19)11-5-3-2-4-6-11/h2-6,10,12-13,23H,7-9H2,1H3,(H,17,19)(H,21,22)/t10?,12?,13-/m0/s1. The van der Waals surface area contributed by atoms with Gasteiger partial charge in [0.15, 0.2) is 0 Å². The first-order valence-electron chi connectivity index (χ1n) is 7.44. The molecule has 2 unspecified atom stereocenters. The maximum Gasteiger partial charge on any atom is 0.326 e. The van der Waals surface area contributed by atoms with Gasteiger partial charge in [-0.2, -0.15) is 12.6 Å².